The molecule has 0 atom stereocenters. The number of aromatic nitrogens is 1. The number of hydrogen-bond acceptors (Lipinski definition) is 3. The number of pyridine rings is 1. The average Bonchev–Trinajstić information content (AvgIpc) is 2.56. The maximum atomic E-state index is 13.1. The number of halogens is 1. The molecule has 23 heavy (non-hydrogen) atoms. The van der Waals surface area contributed by atoms with Crippen molar-refractivity contribution in [1.82, 2.24) is 14.8 Å². The second-order valence-electron chi connectivity index (χ2n) is 5.56. The van der Waals surface area contributed by atoms with E-state index in [1.165, 1.54) is 17.7 Å². The second kappa shape index (κ2) is 7.19. The summed E-state index contributed by atoms with van der Waals surface area (Å²) in [7, 11) is 0. The van der Waals surface area contributed by atoms with Gasteiger partial charge in [-0.2, -0.15) is 0 Å². The lowest BCUT2D eigenvalue weighted by Crippen LogP contribution is -2.49. The summed E-state index contributed by atoms with van der Waals surface area (Å²) in [5.41, 5.74) is 1.65. The van der Waals surface area contributed by atoms with Crippen LogP contribution in [-0.4, -0.2) is 47.0 Å². The number of nitrogens with zero attached hydrogens (tertiary/aromatic N) is 3. The van der Waals surface area contributed by atoms with Crippen molar-refractivity contribution in [2.24, 2.45) is 0 Å². The molecule has 2 heterocycles. The molecule has 0 unspecified atom stereocenters. The Balaban J connectivity index is 1.49. The zero-order valence-corrected chi connectivity index (χ0v) is 12.8. The number of hydrogen-bond donors (Lipinski definition) is 1. The first-order valence-corrected chi connectivity index (χ1v) is 7.63. The number of carbonyl (C=O) groups is 1. The molecule has 1 aliphatic rings. The van der Waals surface area contributed by atoms with Gasteiger partial charge in [0, 0.05) is 50.8 Å². The number of nitrogens with one attached hydrogen (secondary N) is 1. The van der Waals surface area contributed by atoms with Gasteiger partial charge in [0.2, 0.25) is 0 Å². The van der Waals surface area contributed by atoms with Gasteiger partial charge in [0.25, 0.3) is 0 Å². The summed E-state index contributed by atoms with van der Waals surface area (Å²) in [5.74, 6) is -0.357. The van der Waals surface area contributed by atoms with Gasteiger partial charge in [-0.3, -0.25) is 9.88 Å². The Kier molecular flexibility index (Phi) is 4.83. The van der Waals surface area contributed by atoms with E-state index in [0.717, 1.165) is 19.6 Å². The van der Waals surface area contributed by atoms with Gasteiger partial charge in [-0.15, -0.1) is 0 Å². The van der Waals surface area contributed by atoms with Crippen molar-refractivity contribution in [3.05, 3.63) is 60.2 Å². The van der Waals surface area contributed by atoms with Gasteiger partial charge in [-0.25, -0.2) is 9.18 Å². The third-order valence-electron chi connectivity index (χ3n) is 3.86. The summed E-state index contributed by atoms with van der Waals surface area (Å²) in [6.45, 7) is 3.77. The van der Waals surface area contributed by atoms with Crippen LogP contribution in [0, 0.1) is 5.82 Å². The fraction of sp³-hybridized carbons (Fsp3) is 0.294. The van der Waals surface area contributed by atoms with E-state index >= 15 is 0 Å². The summed E-state index contributed by atoms with van der Waals surface area (Å²) in [6, 6.07) is 9.73. The first kappa shape index (κ1) is 15.4. The Morgan fingerprint density at radius 2 is 2.00 bits per heavy atom. The third-order valence-corrected chi connectivity index (χ3v) is 3.86. The van der Waals surface area contributed by atoms with Crippen molar-refractivity contribution in [1.29, 1.82) is 0 Å². The maximum absolute atomic E-state index is 13.1. The van der Waals surface area contributed by atoms with Gasteiger partial charge in [0.1, 0.15) is 5.82 Å². The van der Waals surface area contributed by atoms with Crippen LogP contribution in [0.2, 0.25) is 0 Å². The molecule has 120 valence electrons. The normalized spacial score (nSPS) is 15.4. The predicted octanol–water partition coefficient (Wildman–Crippen LogP) is 2.57. The molecule has 1 saturated heterocycles. The van der Waals surface area contributed by atoms with Gasteiger partial charge in [-0.05, 0) is 29.8 Å². The molecule has 1 fully saturated rings. The number of urea groups is 1. The van der Waals surface area contributed by atoms with Gasteiger partial charge >= 0.3 is 6.03 Å². The molecule has 2 amide bonds. The summed E-state index contributed by atoms with van der Waals surface area (Å²) in [6.07, 6.45) is 3.63. The van der Waals surface area contributed by atoms with Crippen LogP contribution in [-0.2, 0) is 6.54 Å². The van der Waals surface area contributed by atoms with E-state index in [1.807, 2.05) is 12.3 Å². The quantitative estimate of drug-likeness (QED) is 0.947. The smallest absolute Gasteiger partial charge is 0.321 e. The summed E-state index contributed by atoms with van der Waals surface area (Å²) in [4.78, 5) is 20.4. The highest BCUT2D eigenvalue weighted by Gasteiger charge is 2.21. The molecule has 1 aliphatic heterocycles. The van der Waals surface area contributed by atoms with E-state index < -0.39 is 0 Å². The first-order valence-electron chi connectivity index (χ1n) is 7.63. The Hall–Kier alpha value is -2.47. The average molecular weight is 314 g/mol. The first-order chi connectivity index (χ1) is 11.2. The number of carbonyl (C=O) groups excluding carboxylic acids is 1. The predicted molar refractivity (Wildman–Crippen MR) is 86.5 cm³/mol. The van der Waals surface area contributed by atoms with Crippen molar-refractivity contribution in [2.75, 3.05) is 31.5 Å². The highest BCUT2D eigenvalue weighted by atomic mass is 19.1. The minimum Gasteiger partial charge on any atom is -0.322 e. The molecule has 6 heteroatoms. The number of piperazine rings is 1. The van der Waals surface area contributed by atoms with Crippen molar-refractivity contribution in [2.45, 2.75) is 6.54 Å². The minimum absolute atomic E-state index is 0.184. The standard InChI is InChI=1S/C17H19FN4O/c18-15-4-1-5-16(11-15)20-17(23)22-9-7-21(8-10-22)13-14-3-2-6-19-12-14/h1-6,11-12H,7-10,13H2,(H,20,23). The largest absolute Gasteiger partial charge is 0.322 e. The van der Waals surface area contributed by atoms with E-state index in [-0.39, 0.29) is 11.8 Å². The molecule has 0 spiro atoms. The molecule has 0 radical (unpaired) electrons. The molecule has 1 aromatic carbocycles. The highest BCUT2D eigenvalue weighted by Crippen LogP contribution is 2.12. The lowest BCUT2D eigenvalue weighted by atomic mass is 10.2. The monoisotopic (exact) mass is 314 g/mol. The van der Waals surface area contributed by atoms with E-state index in [4.69, 9.17) is 0 Å². The van der Waals surface area contributed by atoms with Crippen LogP contribution in [0.25, 0.3) is 0 Å². The van der Waals surface area contributed by atoms with E-state index in [1.54, 1.807) is 23.2 Å². The molecule has 0 aliphatic carbocycles. The lowest BCUT2D eigenvalue weighted by Gasteiger charge is -2.34. The highest BCUT2D eigenvalue weighted by molar-refractivity contribution is 5.89. The van der Waals surface area contributed by atoms with Crippen molar-refractivity contribution < 1.29 is 9.18 Å². The van der Waals surface area contributed by atoms with Crippen LogP contribution in [0.1, 0.15) is 5.56 Å². The molecule has 1 N–H and O–H groups in total. The number of amides is 2. The van der Waals surface area contributed by atoms with E-state index in [2.05, 4.69) is 21.3 Å². The molecule has 5 nitrogen and oxygen atoms in total. The van der Waals surface area contributed by atoms with Gasteiger partial charge in [0.05, 0.1) is 0 Å². The number of anilines is 1. The van der Waals surface area contributed by atoms with Crippen molar-refractivity contribution >= 4 is 11.7 Å². The lowest BCUT2D eigenvalue weighted by molar-refractivity contribution is 0.143. The van der Waals surface area contributed by atoms with E-state index in [0.29, 0.717) is 18.8 Å². The Morgan fingerprint density at radius 1 is 1.17 bits per heavy atom. The molecule has 0 saturated carbocycles. The Morgan fingerprint density at radius 3 is 2.70 bits per heavy atom. The fourth-order valence-corrected chi connectivity index (χ4v) is 2.63. The minimum atomic E-state index is -0.357. The number of benzene rings is 1. The third kappa shape index (κ3) is 4.26. The molecular weight excluding hydrogens is 295 g/mol. The zero-order chi connectivity index (χ0) is 16.1. The Bertz CT molecular complexity index is 657. The van der Waals surface area contributed by atoms with Crippen molar-refractivity contribution in [3.63, 3.8) is 0 Å². The molecule has 2 aromatic rings. The summed E-state index contributed by atoms with van der Waals surface area (Å²) >= 11 is 0. The Labute approximate surface area is 134 Å². The second-order valence-corrected chi connectivity index (χ2v) is 5.56. The van der Waals surface area contributed by atoms with Gasteiger partial charge < -0.3 is 10.2 Å². The molecule has 0 bridgehead atoms. The van der Waals surface area contributed by atoms with Crippen LogP contribution in [0.4, 0.5) is 14.9 Å². The molecule has 1 aromatic heterocycles. The van der Waals surface area contributed by atoms with Crippen LogP contribution in [0.3, 0.4) is 0 Å². The summed E-state index contributed by atoms with van der Waals surface area (Å²) < 4.78 is 13.1. The number of rotatable bonds is 3. The fourth-order valence-electron chi connectivity index (χ4n) is 2.63. The molecular formula is C17H19FN4O. The summed E-state index contributed by atoms with van der Waals surface area (Å²) in [5, 5.41) is 2.74. The zero-order valence-electron chi connectivity index (χ0n) is 12.8. The van der Waals surface area contributed by atoms with Gasteiger partial charge in [-0.1, -0.05) is 12.1 Å². The topological polar surface area (TPSA) is 48.5 Å². The van der Waals surface area contributed by atoms with E-state index in [9.17, 15) is 9.18 Å². The SMILES string of the molecule is O=C(Nc1cccc(F)c1)N1CCN(Cc2cccnc2)CC1. The van der Waals surface area contributed by atoms with Gasteiger partial charge in [0.15, 0.2) is 0 Å². The maximum Gasteiger partial charge on any atom is 0.321 e. The van der Waals surface area contributed by atoms with Crippen LogP contribution in [0.15, 0.2) is 48.8 Å². The van der Waals surface area contributed by atoms with Crippen molar-refractivity contribution in [3.8, 4) is 0 Å². The van der Waals surface area contributed by atoms with Crippen LogP contribution >= 0.6 is 0 Å². The van der Waals surface area contributed by atoms with Crippen LogP contribution in [0.5, 0.6) is 0 Å². The van der Waals surface area contributed by atoms with Crippen LogP contribution < -0.4 is 5.32 Å². The molecule has 3 rings (SSSR count).